The highest BCUT2D eigenvalue weighted by molar-refractivity contribution is 7.86. The maximum Gasteiger partial charge on any atom is 0.296 e. The molecular weight excluding hydrogens is 223 g/mol. The Morgan fingerprint density at radius 2 is 1.75 bits per heavy atom. The van der Waals surface area contributed by atoms with E-state index in [4.69, 9.17) is 16.2 Å². The molecule has 0 aliphatic rings. The molecule has 0 aliphatic heterocycles. The minimum atomic E-state index is -4.17. The van der Waals surface area contributed by atoms with E-state index in [1.807, 2.05) is 0 Å². The molecule has 0 aromatic heterocycles. The summed E-state index contributed by atoms with van der Waals surface area (Å²) in [5.74, 6) is 0. The summed E-state index contributed by atoms with van der Waals surface area (Å²) in [6, 6.07) is 5.69. The van der Waals surface area contributed by atoms with Gasteiger partial charge >= 0.3 is 0 Å². The SMILES string of the molecule is Cl.O=S(=O)(O)c1ccccc1Cl. The number of halogens is 2. The first-order valence-electron chi connectivity index (χ1n) is 2.74. The Labute approximate surface area is 81.5 Å². The summed E-state index contributed by atoms with van der Waals surface area (Å²) in [4.78, 5) is -0.262. The van der Waals surface area contributed by atoms with Crippen LogP contribution in [0.15, 0.2) is 29.2 Å². The van der Waals surface area contributed by atoms with Gasteiger partial charge in [-0.05, 0) is 12.1 Å². The molecule has 6 heteroatoms. The van der Waals surface area contributed by atoms with Gasteiger partial charge in [-0.3, -0.25) is 4.55 Å². The van der Waals surface area contributed by atoms with Gasteiger partial charge in [0.05, 0.1) is 5.02 Å². The van der Waals surface area contributed by atoms with E-state index in [1.165, 1.54) is 18.2 Å². The van der Waals surface area contributed by atoms with E-state index in [-0.39, 0.29) is 22.3 Å². The van der Waals surface area contributed by atoms with Crippen molar-refractivity contribution in [1.29, 1.82) is 0 Å². The van der Waals surface area contributed by atoms with Crippen LogP contribution in [0.5, 0.6) is 0 Å². The topological polar surface area (TPSA) is 54.4 Å². The number of hydrogen-bond acceptors (Lipinski definition) is 2. The normalized spacial score (nSPS) is 10.5. The molecule has 0 saturated carbocycles. The summed E-state index contributed by atoms with van der Waals surface area (Å²) >= 11 is 5.47. The molecule has 0 bridgehead atoms. The average molecular weight is 229 g/mol. The minimum absolute atomic E-state index is 0. The van der Waals surface area contributed by atoms with E-state index in [2.05, 4.69) is 0 Å². The van der Waals surface area contributed by atoms with Crippen molar-refractivity contribution in [2.75, 3.05) is 0 Å². The molecule has 3 nitrogen and oxygen atoms in total. The highest BCUT2D eigenvalue weighted by Gasteiger charge is 2.12. The predicted octanol–water partition coefficient (Wildman–Crippen LogP) is 2.01. The molecule has 0 amide bonds. The van der Waals surface area contributed by atoms with Crippen LogP contribution in [0.25, 0.3) is 0 Å². The zero-order chi connectivity index (χ0) is 8.48. The van der Waals surface area contributed by atoms with Crippen LogP contribution in [-0.2, 0) is 10.1 Å². The quantitative estimate of drug-likeness (QED) is 0.749. The van der Waals surface area contributed by atoms with E-state index in [0.717, 1.165) is 0 Å². The minimum Gasteiger partial charge on any atom is -0.282 e. The Kier molecular flexibility index (Phi) is 3.99. The Hall–Kier alpha value is -0.290. The van der Waals surface area contributed by atoms with Crippen LogP contribution in [-0.4, -0.2) is 13.0 Å². The second kappa shape index (κ2) is 4.09. The second-order valence-electron chi connectivity index (χ2n) is 1.91. The largest absolute Gasteiger partial charge is 0.296 e. The molecule has 1 aromatic carbocycles. The van der Waals surface area contributed by atoms with Crippen molar-refractivity contribution in [2.45, 2.75) is 4.90 Å². The molecule has 0 radical (unpaired) electrons. The summed E-state index contributed by atoms with van der Waals surface area (Å²) in [6.07, 6.45) is 0. The average Bonchev–Trinajstić information content (AvgIpc) is 1.86. The van der Waals surface area contributed by atoms with Gasteiger partial charge in [0.15, 0.2) is 0 Å². The van der Waals surface area contributed by atoms with E-state index in [1.54, 1.807) is 6.07 Å². The Balaban J connectivity index is 0.00000121. The highest BCUT2D eigenvalue weighted by atomic mass is 35.5. The maximum atomic E-state index is 10.5. The third kappa shape index (κ3) is 2.64. The fraction of sp³-hybridized carbons (Fsp3) is 0. The first-order valence-corrected chi connectivity index (χ1v) is 4.55. The van der Waals surface area contributed by atoms with Crippen LogP contribution in [0.1, 0.15) is 0 Å². The van der Waals surface area contributed by atoms with Crippen molar-refractivity contribution < 1.29 is 13.0 Å². The highest BCUT2D eigenvalue weighted by Crippen LogP contribution is 2.19. The summed E-state index contributed by atoms with van der Waals surface area (Å²) in [7, 11) is -4.17. The van der Waals surface area contributed by atoms with Gasteiger partial charge in [-0.25, -0.2) is 0 Å². The van der Waals surface area contributed by atoms with Crippen LogP contribution >= 0.6 is 24.0 Å². The number of benzene rings is 1. The Morgan fingerprint density at radius 1 is 1.25 bits per heavy atom. The van der Waals surface area contributed by atoms with E-state index < -0.39 is 10.1 Å². The van der Waals surface area contributed by atoms with Crippen molar-refractivity contribution in [3.63, 3.8) is 0 Å². The van der Waals surface area contributed by atoms with Gasteiger partial charge in [-0.2, -0.15) is 8.42 Å². The van der Waals surface area contributed by atoms with Gasteiger partial charge in [0.25, 0.3) is 10.1 Å². The molecule has 0 heterocycles. The van der Waals surface area contributed by atoms with Crippen LogP contribution < -0.4 is 0 Å². The van der Waals surface area contributed by atoms with Crippen molar-refractivity contribution >= 4 is 34.1 Å². The van der Waals surface area contributed by atoms with Crippen LogP contribution in [0.4, 0.5) is 0 Å². The van der Waals surface area contributed by atoms with Crippen LogP contribution in [0.2, 0.25) is 5.02 Å². The molecule has 68 valence electrons. The molecule has 0 fully saturated rings. The lowest BCUT2D eigenvalue weighted by atomic mass is 10.4. The molecule has 12 heavy (non-hydrogen) atoms. The number of rotatable bonds is 1. The van der Waals surface area contributed by atoms with E-state index >= 15 is 0 Å². The van der Waals surface area contributed by atoms with Crippen molar-refractivity contribution in [3.05, 3.63) is 29.3 Å². The summed E-state index contributed by atoms with van der Waals surface area (Å²) < 4.78 is 29.6. The molecule has 0 spiro atoms. The van der Waals surface area contributed by atoms with Gasteiger partial charge in [-0.15, -0.1) is 12.4 Å². The summed E-state index contributed by atoms with van der Waals surface area (Å²) in [5.41, 5.74) is 0. The third-order valence-electron chi connectivity index (χ3n) is 1.11. The lowest BCUT2D eigenvalue weighted by molar-refractivity contribution is 0.483. The smallest absolute Gasteiger partial charge is 0.282 e. The van der Waals surface area contributed by atoms with Gasteiger partial charge in [-0.1, -0.05) is 23.7 Å². The fourth-order valence-electron chi connectivity index (χ4n) is 0.654. The molecular formula is C6H6Cl2O3S. The first-order chi connectivity index (χ1) is 5.02. The molecule has 0 atom stereocenters. The lowest BCUT2D eigenvalue weighted by Crippen LogP contribution is -1.97. The van der Waals surface area contributed by atoms with Crippen LogP contribution in [0, 0.1) is 0 Å². The Morgan fingerprint density at radius 3 is 2.08 bits per heavy atom. The fourth-order valence-corrected chi connectivity index (χ4v) is 1.65. The van der Waals surface area contributed by atoms with Gasteiger partial charge in [0, 0.05) is 0 Å². The molecule has 0 unspecified atom stereocenters. The molecule has 1 rings (SSSR count). The summed E-state index contributed by atoms with van der Waals surface area (Å²) in [5, 5.41) is 0.0231. The van der Waals surface area contributed by atoms with E-state index in [0.29, 0.717) is 0 Å². The van der Waals surface area contributed by atoms with Gasteiger partial charge in [0.2, 0.25) is 0 Å². The Bertz CT molecular complexity index is 361. The molecule has 1 aromatic rings. The lowest BCUT2D eigenvalue weighted by Gasteiger charge is -1.97. The van der Waals surface area contributed by atoms with E-state index in [9.17, 15) is 8.42 Å². The van der Waals surface area contributed by atoms with Crippen molar-refractivity contribution in [2.24, 2.45) is 0 Å². The zero-order valence-corrected chi connectivity index (χ0v) is 8.16. The first kappa shape index (κ1) is 11.7. The van der Waals surface area contributed by atoms with Gasteiger partial charge < -0.3 is 0 Å². The zero-order valence-electron chi connectivity index (χ0n) is 5.77. The summed E-state index contributed by atoms with van der Waals surface area (Å²) in [6.45, 7) is 0. The monoisotopic (exact) mass is 228 g/mol. The standard InChI is InChI=1S/C6H5ClO3S.ClH/c7-5-3-1-2-4-6(5)11(8,9)10;/h1-4H,(H,8,9,10);1H. The molecule has 0 saturated heterocycles. The second-order valence-corrected chi connectivity index (χ2v) is 3.70. The van der Waals surface area contributed by atoms with Crippen molar-refractivity contribution in [3.8, 4) is 0 Å². The molecule has 0 aliphatic carbocycles. The third-order valence-corrected chi connectivity index (χ3v) is 2.47. The van der Waals surface area contributed by atoms with Gasteiger partial charge in [0.1, 0.15) is 4.90 Å². The van der Waals surface area contributed by atoms with Crippen LogP contribution in [0.3, 0.4) is 0 Å². The maximum absolute atomic E-state index is 10.5. The van der Waals surface area contributed by atoms with Crippen molar-refractivity contribution in [1.82, 2.24) is 0 Å². The predicted molar refractivity (Wildman–Crippen MR) is 48.5 cm³/mol. The number of hydrogen-bond donors (Lipinski definition) is 1. The molecule has 1 N–H and O–H groups in total.